The fraction of sp³-hybridized carbons (Fsp3) is 0.938. The van der Waals surface area contributed by atoms with Crippen molar-refractivity contribution in [2.45, 2.75) is 77.7 Å². The van der Waals surface area contributed by atoms with Crippen molar-refractivity contribution in [3.8, 4) is 0 Å². The Kier molecular flexibility index (Phi) is 8.89. The summed E-state index contributed by atoms with van der Waals surface area (Å²) in [6, 6.07) is 0.408. The highest BCUT2D eigenvalue weighted by Crippen LogP contribution is 2.17. The zero-order valence-electron chi connectivity index (χ0n) is 12.8. The first-order valence-electron chi connectivity index (χ1n) is 8.26. The number of carbonyl (C=O) groups excluding carboxylic acids is 1. The molecule has 112 valence electrons. The third-order valence-corrected chi connectivity index (χ3v) is 4.15. The molecular formula is C16H32N2O. The van der Waals surface area contributed by atoms with E-state index in [1.54, 1.807) is 0 Å². The summed E-state index contributed by atoms with van der Waals surface area (Å²) in [6.45, 7) is 6.66. The van der Waals surface area contributed by atoms with Crippen LogP contribution in [0, 0.1) is 5.92 Å². The van der Waals surface area contributed by atoms with E-state index in [0.29, 0.717) is 6.04 Å². The normalized spacial score (nSPS) is 18.2. The monoisotopic (exact) mass is 268 g/mol. The van der Waals surface area contributed by atoms with E-state index in [-0.39, 0.29) is 5.91 Å². The molecule has 0 aromatic rings. The summed E-state index contributed by atoms with van der Waals surface area (Å²) in [6.07, 6.45) is 10.1. The Balaban J connectivity index is 2.18. The van der Waals surface area contributed by atoms with Crippen LogP contribution in [0.3, 0.4) is 0 Å². The van der Waals surface area contributed by atoms with Gasteiger partial charge >= 0.3 is 0 Å². The summed E-state index contributed by atoms with van der Waals surface area (Å²) in [5.74, 6) is 1.03. The fourth-order valence-corrected chi connectivity index (χ4v) is 2.89. The minimum Gasteiger partial charge on any atom is -0.353 e. The molecule has 1 unspecified atom stereocenters. The average Bonchev–Trinajstić information content (AvgIpc) is 2.44. The first-order valence-corrected chi connectivity index (χ1v) is 8.26. The van der Waals surface area contributed by atoms with Crippen molar-refractivity contribution in [1.82, 2.24) is 10.6 Å². The van der Waals surface area contributed by atoms with Crippen LogP contribution >= 0.6 is 0 Å². The van der Waals surface area contributed by atoms with Gasteiger partial charge in [0.1, 0.15) is 0 Å². The molecule has 0 radical (unpaired) electrons. The summed E-state index contributed by atoms with van der Waals surface area (Å²) in [4.78, 5) is 12.0. The van der Waals surface area contributed by atoms with Crippen LogP contribution in [-0.4, -0.2) is 25.0 Å². The Bertz CT molecular complexity index is 237. The van der Waals surface area contributed by atoms with Crippen LogP contribution < -0.4 is 10.6 Å². The number of amides is 1. The van der Waals surface area contributed by atoms with E-state index < -0.39 is 0 Å². The van der Waals surface area contributed by atoms with E-state index in [2.05, 4.69) is 24.5 Å². The number of hydrogen-bond donors (Lipinski definition) is 2. The largest absolute Gasteiger partial charge is 0.353 e. The molecule has 0 bridgehead atoms. The molecule has 19 heavy (non-hydrogen) atoms. The molecule has 0 aromatic heterocycles. The number of nitrogens with one attached hydrogen (secondary N) is 2. The van der Waals surface area contributed by atoms with Gasteiger partial charge in [0.05, 0.1) is 0 Å². The van der Waals surface area contributed by atoms with Crippen LogP contribution in [0.4, 0.5) is 0 Å². The summed E-state index contributed by atoms with van der Waals surface area (Å²) in [5, 5.41) is 6.61. The molecule has 0 aliphatic carbocycles. The molecule has 2 N–H and O–H groups in total. The number of piperidine rings is 1. The molecule has 1 aliphatic rings. The lowest BCUT2D eigenvalue weighted by Gasteiger charge is -2.23. The van der Waals surface area contributed by atoms with Gasteiger partial charge in [-0.15, -0.1) is 0 Å². The smallest absolute Gasteiger partial charge is 0.220 e. The standard InChI is InChI=1S/C16H32N2O/c1-3-5-7-15(6-4-2)18-16(19)9-8-14-10-12-17-13-11-14/h14-15,17H,3-13H2,1-2H3,(H,18,19). The predicted molar refractivity (Wildman–Crippen MR) is 81.2 cm³/mol. The first kappa shape index (κ1) is 16.5. The van der Waals surface area contributed by atoms with Crippen molar-refractivity contribution in [2.75, 3.05) is 13.1 Å². The van der Waals surface area contributed by atoms with Crippen molar-refractivity contribution >= 4 is 5.91 Å². The SMILES string of the molecule is CCCCC(CCC)NC(=O)CCC1CCNCC1. The molecule has 1 atom stereocenters. The number of hydrogen-bond acceptors (Lipinski definition) is 2. The molecule has 1 heterocycles. The van der Waals surface area contributed by atoms with Crippen LogP contribution in [0.1, 0.15) is 71.6 Å². The Morgan fingerprint density at radius 1 is 1.21 bits per heavy atom. The Morgan fingerprint density at radius 3 is 2.58 bits per heavy atom. The summed E-state index contributed by atoms with van der Waals surface area (Å²) < 4.78 is 0. The quantitative estimate of drug-likeness (QED) is 0.674. The second-order valence-electron chi connectivity index (χ2n) is 5.93. The van der Waals surface area contributed by atoms with Crippen LogP contribution in [0.2, 0.25) is 0 Å². The molecule has 1 rings (SSSR count). The first-order chi connectivity index (χ1) is 9.26. The molecule has 0 saturated carbocycles. The predicted octanol–water partition coefficient (Wildman–Crippen LogP) is 3.24. The lowest BCUT2D eigenvalue weighted by atomic mass is 9.93. The van der Waals surface area contributed by atoms with E-state index in [1.807, 2.05) is 0 Å². The Morgan fingerprint density at radius 2 is 1.95 bits per heavy atom. The minimum absolute atomic E-state index is 0.271. The lowest BCUT2D eigenvalue weighted by molar-refractivity contribution is -0.122. The van der Waals surface area contributed by atoms with Gasteiger partial charge in [-0.05, 0) is 51.1 Å². The van der Waals surface area contributed by atoms with Crippen molar-refractivity contribution < 1.29 is 4.79 Å². The third-order valence-electron chi connectivity index (χ3n) is 4.15. The molecule has 3 nitrogen and oxygen atoms in total. The zero-order valence-corrected chi connectivity index (χ0v) is 12.8. The van der Waals surface area contributed by atoms with Crippen molar-refractivity contribution in [3.63, 3.8) is 0 Å². The maximum atomic E-state index is 12.0. The van der Waals surface area contributed by atoms with E-state index in [0.717, 1.165) is 51.1 Å². The topological polar surface area (TPSA) is 41.1 Å². The van der Waals surface area contributed by atoms with Gasteiger partial charge in [0.2, 0.25) is 5.91 Å². The maximum Gasteiger partial charge on any atom is 0.220 e. The van der Waals surface area contributed by atoms with E-state index >= 15 is 0 Å². The second kappa shape index (κ2) is 10.2. The van der Waals surface area contributed by atoms with Crippen molar-refractivity contribution in [3.05, 3.63) is 0 Å². The van der Waals surface area contributed by atoms with Crippen LogP contribution in [0.15, 0.2) is 0 Å². The van der Waals surface area contributed by atoms with Crippen molar-refractivity contribution in [1.29, 1.82) is 0 Å². The third kappa shape index (κ3) is 7.56. The van der Waals surface area contributed by atoms with E-state index in [9.17, 15) is 4.79 Å². The molecular weight excluding hydrogens is 236 g/mol. The van der Waals surface area contributed by atoms with Gasteiger partial charge in [-0.1, -0.05) is 33.1 Å². The van der Waals surface area contributed by atoms with Gasteiger partial charge in [-0.25, -0.2) is 0 Å². The molecule has 0 aromatic carbocycles. The van der Waals surface area contributed by atoms with Crippen LogP contribution in [0.25, 0.3) is 0 Å². The summed E-state index contributed by atoms with van der Waals surface area (Å²) in [5.41, 5.74) is 0. The zero-order chi connectivity index (χ0) is 13.9. The fourth-order valence-electron chi connectivity index (χ4n) is 2.89. The highest BCUT2D eigenvalue weighted by Gasteiger charge is 2.16. The Hall–Kier alpha value is -0.570. The van der Waals surface area contributed by atoms with Gasteiger partial charge in [-0.3, -0.25) is 4.79 Å². The number of unbranched alkanes of at least 4 members (excludes halogenated alkanes) is 1. The molecule has 1 saturated heterocycles. The van der Waals surface area contributed by atoms with Gasteiger partial charge < -0.3 is 10.6 Å². The van der Waals surface area contributed by atoms with E-state index in [4.69, 9.17) is 0 Å². The van der Waals surface area contributed by atoms with Crippen molar-refractivity contribution in [2.24, 2.45) is 5.92 Å². The average molecular weight is 268 g/mol. The Labute approximate surface area is 118 Å². The molecule has 3 heteroatoms. The van der Waals surface area contributed by atoms with Gasteiger partial charge in [0.25, 0.3) is 0 Å². The minimum atomic E-state index is 0.271. The lowest BCUT2D eigenvalue weighted by Crippen LogP contribution is -2.35. The molecule has 1 aliphatic heterocycles. The highest BCUT2D eigenvalue weighted by molar-refractivity contribution is 5.76. The number of rotatable bonds is 9. The molecule has 1 amide bonds. The van der Waals surface area contributed by atoms with E-state index in [1.165, 1.54) is 25.7 Å². The molecule has 0 spiro atoms. The summed E-state index contributed by atoms with van der Waals surface area (Å²) >= 11 is 0. The van der Waals surface area contributed by atoms with Gasteiger partial charge in [0, 0.05) is 12.5 Å². The summed E-state index contributed by atoms with van der Waals surface area (Å²) in [7, 11) is 0. The van der Waals surface area contributed by atoms with Gasteiger partial charge in [-0.2, -0.15) is 0 Å². The maximum absolute atomic E-state index is 12.0. The second-order valence-corrected chi connectivity index (χ2v) is 5.93. The number of carbonyl (C=O) groups is 1. The van der Waals surface area contributed by atoms with Crippen LogP contribution in [0.5, 0.6) is 0 Å². The highest BCUT2D eigenvalue weighted by atomic mass is 16.1. The van der Waals surface area contributed by atoms with Gasteiger partial charge in [0.15, 0.2) is 0 Å². The molecule has 1 fully saturated rings. The van der Waals surface area contributed by atoms with Crippen LogP contribution in [-0.2, 0) is 4.79 Å².